The summed E-state index contributed by atoms with van der Waals surface area (Å²) < 4.78 is 1.88. The third kappa shape index (κ3) is 1.26. The molecular weight excluding hydrogens is 196 g/mol. The molecule has 0 spiro atoms. The quantitative estimate of drug-likeness (QED) is 0.711. The van der Waals surface area contributed by atoms with E-state index in [2.05, 4.69) is 18.8 Å². The Labute approximate surface area is 86.4 Å². The van der Waals surface area contributed by atoms with Crippen molar-refractivity contribution in [3.8, 4) is 0 Å². The average Bonchev–Trinajstić information content (AvgIpc) is 2.60. The molecule has 0 aromatic carbocycles. The SMILES string of the molecule is Cc1nc2sc(C(C)C)cn2c1C=O. The molecule has 0 aliphatic heterocycles. The Morgan fingerprint density at radius 1 is 1.57 bits per heavy atom. The fourth-order valence-electron chi connectivity index (χ4n) is 1.40. The van der Waals surface area contributed by atoms with Crippen molar-refractivity contribution in [2.45, 2.75) is 26.7 Å². The van der Waals surface area contributed by atoms with E-state index in [-0.39, 0.29) is 0 Å². The summed E-state index contributed by atoms with van der Waals surface area (Å²) in [7, 11) is 0. The van der Waals surface area contributed by atoms with Crippen LogP contribution in [0, 0.1) is 6.92 Å². The minimum absolute atomic E-state index is 0.488. The second-order valence-electron chi connectivity index (χ2n) is 3.64. The average molecular weight is 208 g/mol. The van der Waals surface area contributed by atoms with Crippen LogP contribution in [-0.2, 0) is 0 Å². The van der Waals surface area contributed by atoms with Crippen LogP contribution in [0.4, 0.5) is 0 Å². The highest BCUT2D eigenvalue weighted by Crippen LogP contribution is 2.26. The standard InChI is InChI=1S/C10H12N2OS/c1-6(2)9-4-12-8(5-13)7(3)11-10(12)14-9/h4-6H,1-3H3. The molecule has 14 heavy (non-hydrogen) atoms. The monoisotopic (exact) mass is 208 g/mol. The number of thiazole rings is 1. The molecule has 0 fully saturated rings. The first-order valence-corrected chi connectivity index (χ1v) is 5.38. The van der Waals surface area contributed by atoms with Gasteiger partial charge < -0.3 is 0 Å². The smallest absolute Gasteiger partial charge is 0.194 e. The van der Waals surface area contributed by atoms with Crippen molar-refractivity contribution >= 4 is 22.6 Å². The van der Waals surface area contributed by atoms with Crippen molar-refractivity contribution in [2.75, 3.05) is 0 Å². The van der Waals surface area contributed by atoms with Crippen LogP contribution in [0.2, 0.25) is 0 Å². The number of aryl methyl sites for hydroxylation is 1. The van der Waals surface area contributed by atoms with Gasteiger partial charge in [0.1, 0.15) is 5.69 Å². The highest BCUT2D eigenvalue weighted by Gasteiger charge is 2.12. The van der Waals surface area contributed by atoms with Crippen LogP contribution in [-0.4, -0.2) is 15.7 Å². The molecule has 0 aliphatic rings. The third-order valence-corrected chi connectivity index (χ3v) is 3.53. The third-order valence-electron chi connectivity index (χ3n) is 2.25. The van der Waals surface area contributed by atoms with Crippen molar-refractivity contribution < 1.29 is 4.79 Å². The largest absolute Gasteiger partial charge is 0.296 e. The molecule has 2 aromatic heterocycles. The van der Waals surface area contributed by atoms with E-state index in [1.165, 1.54) is 4.88 Å². The predicted molar refractivity (Wildman–Crippen MR) is 57.3 cm³/mol. The molecule has 0 bridgehead atoms. The van der Waals surface area contributed by atoms with E-state index in [1.54, 1.807) is 11.3 Å². The van der Waals surface area contributed by atoms with E-state index in [4.69, 9.17) is 0 Å². The number of fused-ring (bicyclic) bond motifs is 1. The van der Waals surface area contributed by atoms with Crippen LogP contribution < -0.4 is 0 Å². The molecule has 0 aliphatic carbocycles. The lowest BCUT2D eigenvalue weighted by Crippen LogP contribution is -1.89. The number of imidazole rings is 1. The van der Waals surface area contributed by atoms with Crippen LogP contribution in [0.5, 0.6) is 0 Å². The molecule has 0 saturated heterocycles. The number of hydrogen-bond donors (Lipinski definition) is 0. The van der Waals surface area contributed by atoms with Gasteiger partial charge in [-0.3, -0.25) is 9.20 Å². The zero-order valence-electron chi connectivity index (χ0n) is 8.44. The Morgan fingerprint density at radius 2 is 2.29 bits per heavy atom. The van der Waals surface area contributed by atoms with Gasteiger partial charge >= 0.3 is 0 Å². The number of aromatic nitrogens is 2. The topological polar surface area (TPSA) is 34.4 Å². The van der Waals surface area contributed by atoms with Gasteiger partial charge in [0, 0.05) is 11.1 Å². The lowest BCUT2D eigenvalue weighted by Gasteiger charge is -1.96. The number of aldehydes is 1. The van der Waals surface area contributed by atoms with Gasteiger partial charge in [-0.15, -0.1) is 11.3 Å². The van der Waals surface area contributed by atoms with E-state index < -0.39 is 0 Å². The number of hydrogen-bond acceptors (Lipinski definition) is 3. The van der Waals surface area contributed by atoms with Gasteiger partial charge in [-0.05, 0) is 12.8 Å². The first-order valence-electron chi connectivity index (χ1n) is 4.57. The van der Waals surface area contributed by atoms with Gasteiger partial charge in [0.2, 0.25) is 0 Å². The maximum absolute atomic E-state index is 10.8. The lowest BCUT2D eigenvalue weighted by molar-refractivity contribution is 0.111. The Morgan fingerprint density at radius 3 is 2.86 bits per heavy atom. The van der Waals surface area contributed by atoms with Crippen LogP contribution >= 0.6 is 11.3 Å². The number of nitrogens with zero attached hydrogens (tertiary/aromatic N) is 2. The van der Waals surface area contributed by atoms with Crippen molar-refractivity contribution in [3.05, 3.63) is 22.5 Å². The summed E-state index contributed by atoms with van der Waals surface area (Å²) in [5.41, 5.74) is 1.48. The first kappa shape index (κ1) is 9.40. The molecule has 2 rings (SSSR count). The number of carbonyl (C=O) groups is 1. The molecule has 0 radical (unpaired) electrons. The van der Waals surface area contributed by atoms with Crippen LogP contribution in [0.25, 0.3) is 4.96 Å². The fraction of sp³-hybridized carbons (Fsp3) is 0.400. The van der Waals surface area contributed by atoms with Crippen LogP contribution in [0.3, 0.4) is 0 Å². The van der Waals surface area contributed by atoms with Gasteiger partial charge in [0.15, 0.2) is 11.2 Å². The van der Waals surface area contributed by atoms with Gasteiger partial charge in [-0.25, -0.2) is 4.98 Å². The molecule has 4 heteroatoms. The number of carbonyl (C=O) groups excluding carboxylic acids is 1. The maximum Gasteiger partial charge on any atom is 0.194 e. The molecule has 0 N–H and O–H groups in total. The number of rotatable bonds is 2. The molecule has 2 aromatic rings. The van der Waals surface area contributed by atoms with Crippen LogP contribution in [0.15, 0.2) is 6.20 Å². The zero-order chi connectivity index (χ0) is 10.3. The van der Waals surface area contributed by atoms with Crippen molar-refractivity contribution in [1.29, 1.82) is 0 Å². The summed E-state index contributed by atoms with van der Waals surface area (Å²) in [6, 6.07) is 0. The summed E-state index contributed by atoms with van der Waals surface area (Å²) in [6.07, 6.45) is 2.88. The van der Waals surface area contributed by atoms with E-state index in [0.29, 0.717) is 11.6 Å². The first-order chi connectivity index (χ1) is 6.63. The molecule has 3 nitrogen and oxygen atoms in total. The molecule has 0 amide bonds. The summed E-state index contributed by atoms with van der Waals surface area (Å²) in [5, 5.41) is 0. The predicted octanol–water partition coefficient (Wildman–Crippen LogP) is 2.64. The Bertz CT molecular complexity index is 481. The normalized spacial score (nSPS) is 11.4. The summed E-state index contributed by atoms with van der Waals surface area (Å²) >= 11 is 1.65. The van der Waals surface area contributed by atoms with E-state index in [1.807, 2.05) is 17.5 Å². The second-order valence-corrected chi connectivity index (χ2v) is 4.68. The molecule has 0 unspecified atom stereocenters. The summed E-state index contributed by atoms with van der Waals surface area (Å²) in [5.74, 6) is 0.488. The Kier molecular flexibility index (Phi) is 2.15. The summed E-state index contributed by atoms with van der Waals surface area (Å²) in [4.78, 5) is 17.3. The second kappa shape index (κ2) is 3.20. The summed E-state index contributed by atoms with van der Waals surface area (Å²) in [6.45, 7) is 6.13. The van der Waals surface area contributed by atoms with Crippen molar-refractivity contribution in [3.63, 3.8) is 0 Å². The maximum atomic E-state index is 10.8. The highest BCUT2D eigenvalue weighted by atomic mass is 32.1. The zero-order valence-corrected chi connectivity index (χ0v) is 9.26. The molecule has 0 atom stereocenters. The minimum atomic E-state index is 0.488. The Hall–Kier alpha value is -1.16. The molecule has 0 saturated carbocycles. The minimum Gasteiger partial charge on any atom is -0.296 e. The van der Waals surface area contributed by atoms with Crippen molar-refractivity contribution in [2.24, 2.45) is 0 Å². The fourth-order valence-corrected chi connectivity index (χ4v) is 2.43. The molecule has 2 heterocycles. The molecule has 74 valence electrons. The lowest BCUT2D eigenvalue weighted by atomic mass is 10.2. The van der Waals surface area contributed by atoms with E-state index in [0.717, 1.165) is 16.9 Å². The van der Waals surface area contributed by atoms with Gasteiger partial charge in [0.25, 0.3) is 0 Å². The van der Waals surface area contributed by atoms with Gasteiger partial charge in [-0.2, -0.15) is 0 Å². The van der Waals surface area contributed by atoms with Crippen LogP contribution in [0.1, 0.15) is 40.8 Å². The van der Waals surface area contributed by atoms with E-state index in [9.17, 15) is 4.79 Å². The molecular formula is C10H12N2OS. The van der Waals surface area contributed by atoms with Gasteiger partial charge in [-0.1, -0.05) is 13.8 Å². The van der Waals surface area contributed by atoms with Crippen molar-refractivity contribution in [1.82, 2.24) is 9.38 Å². The van der Waals surface area contributed by atoms with Gasteiger partial charge in [0.05, 0.1) is 5.69 Å². The van der Waals surface area contributed by atoms with E-state index >= 15 is 0 Å². The Balaban J connectivity index is 2.68. The highest BCUT2D eigenvalue weighted by molar-refractivity contribution is 7.17.